The van der Waals surface area contributed by atoms with E-state index < -0.39 is 14.1 Å². The predicted octanol–water partition coefficient (Wildman–Crippen LogP) is -4.50. The molecule has 0 bridgehead atoms. The zero-order valence-electron chi connectivity index (χ0n) is 3.05. The first-order valence-corrected chi connectivity index (χ1v) is 3.28. The van der Waals surface area contributed by atoms with Gasteiger partial charge in [-0.05, 0) is 0 Å². The van der Waals surface area contributed by atoms with Gasteiger partial charge in [-0.15, -0.1) is 0 Å². The molecule has 0 heterocycles. The van der Waals surface area contributed by atoms with E-state index in [0.29, 0.717) is 0 Å². The molecule has 0 aliphatic rings. The van der Waals surface area contributed by atoms with Crippen molar-refractivity contribution in [3.8, 4) is 0 Å². The maximum atomic E-state index is 8.69. The Morgan fingerprint density at radius 1 is 1.17 bits per heavy atom. The molecule has 0 saturated carbocycles. The van der Waals surface area contributed by atoms with E-state index in [4.69, 9.17) is 16.8 Å². The van der Waals surface area contributed by atoms with Crippen molar-refractivity contribution < 1.29 is 30.9 Å². The predicted molar refractivity (Wildman–Crippen MR) is 7.97 cm³/mol. The van der Waals surface area contributed by atoms with Crippen LogP contribution in [-0.4, -0.2) is 62.4 Å². The van der Waals surface area contributed by atoms with Crippen molar-refractivity contribution in [1.82, 2.24) is 0 Å². The summed E-state index contributed by atoms with van der Waals surface area (Å²) in [4.78, 5) is 0. The molecule has 0 aliphatic heterocycles. The van der Waals surface area contributed by atoms with Gasteiger partial charge in [0.15, 0.2) is 0 Å². The van der Waals surface area contributed by atoms with Gasteiger partial charge in [-0.1, -0.05) is 0 Å². The molecule has 0 atom stereocenters. The van der Waals surface area contributed by atoms with Crippen molar-refractivity contribution in [2.45, 2.75) is 0 Å². The summed E-state index contributed by atoms with van der Waals surface area (Å²) < 4.78 is 33.1. The fraction of sp³-hybridized carbons (Fsp3) is 0. The van der Waals surface area contributed by atoms with E-state index in [9.17, 15) is 0 Å². The molecule has 6 heavy (non-hydrogen) atoms. The van der Waals surface area contributed by atoms with Crippen LogP contribution in [0.3, 0.4) is 0 Å². The van der Waals surface area contributed by atoms with Gasteiger partial charge in [-0.2, -0.15) is 0 Å². The van der Waals surface area contributed by atoms with Crippen LogP contribution < -0.4 is 12.6 Å². The molecule has 6 heteroatoms. The van der Waals surface area contributed by atoms with E-state index in [1.165, 1.54) is 0 Å². The Hall–Kier alpha value is 2.13. The van der Waals surface area contributed by atoms with Crippen LogP contribution in [-0.2, 0) is 0 Å². The second-order valence-electron chi connectivity index (χ2n) is 0.396. The second kappa shape index (κ2) is 4.05. The molecule has 0 aromatic carbocycles. The van der Waals surface area contributed by atoms with E-state index in [2.05, 4.69) is 0 Å². The van der Waals surface area contributed by atoms with E-state index in [1.54, 1.807) is 0 Å². The maximum Gasteiger partial charge on any atom is 0.265 e. The van der Waals surface area contributed by atoms with E-state index >= 15 is 0 Å². The standard InChI is InChI=1S/BrHO4.Rb/c2-1(3,4)5;/h2H;. The van der Waals surface area contributed by atoms with Gasteiger partial charge in [0.1, 0.15) is 0 Å². The van der Waals surface area contributed by atoms with Gasteiger partial charge < -0.3 is 0 Å². The van der Waals surface area contributed by atoms with Crippen molar-refractivity contribution in [3.05, 3.63) is 0 Å². The van der Waals surface area contributed by atoms with Crippen molar-refractivity contribution in [2.75, 3.05) is 0 Å². The number of hydrogen-bond acceptors (Lipinski definition) is 4. The Kier molecular flexibility index (Phi) is 7.42. The molecule has 1 radical (unpaired) electrons. The Bertz CT molecular complexity index is 23.0. The quantitative estimate of drug-likeness (QED) is 0.454. The largest absolute Gasteiger partial charge is 0.265 e. The van der Waals surface area contributed by atoms with Gasteiger partial charge in [0, 0.05) is 62.4 Å². The topological polar surface area (TPSA) is 89.4 Å². The molecule has 0 aromatic rings. The van der Waals surface area contributed by atoms with Crippen LogP contribution in [0.1, 0.15) is 0 Å². The van der Waals surface area contributed by atoms with E-state index in [0.717, 1.165) is 0 Å². The first-order valence-electron chi connectivity index (χ1n) is 0.632. The summed E-state index contributed by atoms with van der Waals surface area (Å²) in [5.41, 5.74) is 0. The minimum atomic E-state index is -5.38. The number of halogens is 1. The van der Waals surface area contributed by atoms with Crippen LogP contribution in [0.25, 0.3) is 0 Å². The molecule has 0 amide bonds. The molecule has 1 N–H and O–H groups in total. The molecule has 0 fully saturated rings. The van der Waals surface area contributed by atoms with Gasteiger partial charge in [0.05, 0.1) is 0 Å². The summed E-state index contributed by atoms with van der Waals surface area (Å²) in [6.07, 6.45) is 0. The molecular formula is HBrO4Rb. The fourth-order valence-electron chi connectivity index (χ4n) is 0. The Labute approximate surface area is 87.1 Å². The zero-order valence-corrected chi connectivity index (χ0v) is 9.55. The van der Waals surface area contributed by atoms with Crippen molar-refractivity contribution in [2.24, 2.45) is 0 Å². The average Bonchev–Trinajstić information content (AvgIpc) is 0.722. The molecule has 0 rings (SSSR count). The average molecular weight is 230 g/mol. The van der Waals surface area contributed by atoms with Gasteiger partial charge in [-0.3, -0.25) is 0 Å². The van der Waals surface area contributed by atoms with Crippen LogP contribution >= 0.6 is 0 Å². The van der Waals surface area contributed by atoms with E-state index in [-0.39, 0.29) is 58.2 Å². The SMILES string of the molecule is [O-][Br+3]([O-])([O-])O.[Rb]. The minimum Gasteiger partial charge on any atom is -0.228 e. The third-order valence-corrected chi connectivity index (χ3v) is 0. The summed E-state index contributed by atoms with van der Waals surface area (Å²) in [5.74, 6) is 0. The molecule has 4 nitrogen and oxygen atoms in total. The summed E-state index contributed by atoms with van der Waals surface area (Å²) in [6.45, 7) is 0. The number of rotatable bonds is 0. The monoisotopic (exact) mass is 229 g/mol. The zero-order chi connectivity index (χ0) is 4.50. The first kappa shape index (κ1) is 11.0. The summed E-state index contributed by atoms with van der Waals surface area (Å²) in [6, 6.07) is 0. The van der Waals surface area contributed by atoms with Gasteiger partial charge in [0.25, 0.3) is 14.1 Å². The fourth-order valence-corrected chi connectivity index (χ4v) is 0. The Morgan fingerprint density at radius 2 is 1.17 bits per heavy atom. The number of hydrogen-bond donors (Lipinski definition) is 1. The molecule has 0 spiro atoms. The summed E-state index contributed by atoms with van der Waals surface area (Å²) in [7, 11) is 0. The molecule has 0 aromatic heterocycles. The molecule has 0 unspecified atom stereocenters. The van der Waals surface area contributed by atoms with E-state index in [1.807, 2.05) is 0 Å². The normalized spacial score (nSPS) is 10.0. The summed E-state index contributed by atoms with van der Waals surface area (Å²) in [5, 5.41) is 0. The van der Waals surface area contributed by atoms with Crippen LogP contribution in [0.5, 0.6) is 0 Å². The smallest absolute Gasteiger partial charge is 0.228 e. The molecule has 0 aliphatic carbocycles. The van der Waals surface area contributed by atoms with Crippen LogP contribution in [0.2, 0.25) is 0 Å². The molecule has 33 valence electrons. The van der Waals surface area contributed by atoms with Crippen molar-refractivity contribution >= 4 is 58.2 Å². The second-order valence-corrected chi connectivity index (χ2v) is 2.06. The summed E-state index contributed by atoms with van der Waals surface area (Å²) >= 11 is -5.38. The van der Waals surface area contributed by atoms with Crippen molar-refractivity contribution in [3.63, 3.8) is 0 Å². The van der Waals surface area contributed by atoms with Crippen molar-refractivity contribution in [1.29, 1.82) is 0 Å². The Balaban J connectivity index is 0. The van der Waals surface area contributed by atoms with Gasteiger partial charge in [-0.25, -0.2) is 12.6 Å². The van der Waals surface area contributed by atoms with Crippen LogP contribution in [0.15, 0.2) is 0 Å². The molecule has 0 saturated heterocycles. The third kappa shape index (κ3) is 35.6. The Morgan fingerprint density at radius 3 is 1.17 bits per heavy atom. The minimum absolute atomic E-state index is 0. The first-order chi connectivity index (χ1) is 2.00. The van der Waals surface area contributed by atoms with Crippen LogP contribution in [0.4, 0.5) is 0 Å². The maximum absolute atomic E-state index is 8.69. The third-order valence-electron chi connectivity index (χ3n) is 0. The van der Waals surface area contributed by atoms with Gasteiger partial charge in [0.2, 0.25) is 0 Å². The molecular weight excluding hydrogens is 229 g/mol. The van der Waals surface area contributed by atoms with Crippen LogP contribution in [0, 0.1) is 14.1 Å². The van der Waals surface area contributed by atoms with Gasteiger partial charge >= 0.3 is 0 Å².